The van der Waals surface area contributed by atoms with E-state index in [0.717, 1.165) is 19.4 Å². The molecule has 0 saturated carbocycles. The predicted molar refractivity (Wildman–Crippen MR) is 90.7 cm³/mol. The standard InChI is InChI=1S/C17H24N2O2.ClH/c1-2-13-5-7-14(8-6-13)16(20)9-10-17(21)19-12-15-4-3-11-18-15;/h5-8,15,18H,2-4,9-12H2,1H3,(H,19,21);1H. The summed E-state index contributed by atoms with van der Waals surface area (Å²) in [6.45, 7) is 3.78. The monoisotopic (exact) mass is 324 g/mol. The van der Waals surface area contributed by atoms with Crippen LogP contribution >= 0.6 is 12.4 Å². The molecule has 22 heavy (non-hydrogen) atoms. The van der Waals surface area contributed by atoms with E-state index >= 15 is 0 Å². The lowest BCUT2D eigenvalue weighted by atomic mass is 10.0. The van der Waals surface area contributed by atoms with Gasteiger partial charge in [0.1, 0.15) is 0 Å². The normalized spacial score (nSPS) is 16.9. The average Bonchev–Trinajstić information content (AvgIpc) is 3.04. The summed E-state index contributed by atoms with van der Waals surface area (Å²) >= 11 is 0. The molecule has 1 heterocycles. The minimum absolute atomic E-state index is 0. The first-order chi connectivity index (χ1) is 10.2. The van der Waals surface area contributed by atoms with Crippen LogP contribution in [-0.4, -0.2) is 30.8 Å². The first kappa shape index (κ1) is 18.7. The summed E-state index contributed by atoms with van der Waals surface area (Å²) in [5, 5.41) is 6.23. The highest BCUT2D eigenvalue weighted by molar-refractivity contribution is 5.97. The Balaban J connectivity index is 0.00000242. The Morgan fingerprint density at radius 2 is 1.95 bits per heavy atom. The number of carbonyl (C=O) groups excluding carboxylic acids is 2. The van der Waals surface area contributed by atoms with Crippen LogP contribution in [0.1, 0.15) is 48.5 Å². The van der Waals surface area contributed by atoms with Crippen molar-refractivity contribution in [2.75, 3.05) is 13.1 Å². The van der Waals surface area contributed by atoms with Crippen molar-refractivity contribution in [1.29, 1.82) is 0 Å². The van der Waals surface area contributed by atoms with Crippen LogP contribution in [0.3, 0.4) is 0 Å². The number of amides is 1. The number of benzene rings is 1. The van der Waals surface area contributed by atoms with Crippen molar-refractivity contribution in [3.8, 4) is 0 Å². The van der Waals surface area contributed by atoms with Crippen molar-refractivity contribution in [2.45, 2.75) is 45.1 Å². The Bertz CT molecular complexity index is 482. The van der Waals surface area contributed by atoms with E-state index in [1.54, 1.807) is 0 Å². The lowest BCUT2D eigenvalue weighted by Crippen LogP contribution is -2.37. The van der Waals surface area contributed by atoms with Crippen LogP contribution in [0.5, 0.6) is 0 Å². The number of nitrogens with one attached hydrogen (secondary N) is 2. The van der Waals surface area contributed by atoms with E-state index in [-0.39, 0.29) is 36.9 Å². The summed E-state index contributed by atoms with van der Waals surface area (Å²) in [7, 11) is 0. The fraction of sp³-hybridized carbons (Fsp3) is 0.529. The van der Waals surface area contributed by atoms with E-state index in [1.165, 1.54) is 12.0 Å². The molecule has 0 aromatic heterocycles. The van der Waals surface area contributed by atoms with E-state index in [4.69, 9.17) is 0 Å². The molecule has 1 amide bonds. The third kappa shape index (κ3) is 5.78. The van der Waals surface area contributed by atoms with Gasteiger partial charge in [-0.25, -0.2) is 0 Å². The van der Waals surface area contributed by atoms with Gasteiger partial charge >= 0.3 is 0 Å². The topological polar surface area (TPSA) is 58.2 Å². The van der Waals surface area contributed by atoms with Gasteiger partial charge in [-0.05, 0) is 31.4 Å². The van der Waals surface area contributed by atoms with Crippen LogP contribution < -0.4 is 10.6 Å². The molecule has 2 N–H and O–H groups in total. The lowest BCUT2D eigenvalue weighted by molar-refractivity contribution is -0.121. The van der Waals surface area contributed by atoms with Crippen LogP contribution in [-0.2, 0) is 11.2 Å². The summed E-state index contributed by atoms with van der Waals surface area (Å²) in [5.74, 6) is -0.00553. The van der Waals surface area contributed by atoms with Gasteiger partial charge in [-0.15, -0.1) is 12.4 Å². The summed E-state index contributed by atoms with van der Waals surface area (Å²) in [6, 6.07) is 8.03. The molecule has 1 atom stereocenters. The number of aryl methyl sites for hydroxylation is 1. The summed E-state index contributed by atoms with van der Waals surface area (Å²) in [4.78, 5) is 23.8. The molecule has 2 rings (SSSR count). The smallest absolute Gasteiger partial charge is 0.220 e. The first-order valence-corrected chi connectivity index (χ1v) is 7.81. The average molecular weight is 325 g/mol. The van der Waals surface area contributed by atoms with Gasteiger partial charge < -0.3 is 10.6 Å². The number of halogens is 1. The van der Waals surface area contributed by atoms with E-state index in [2.05, 4.69) is 17.6 Å². The molecule has 1 aromatic carbocycles. The van der Waals surface area contributed by atoms with Gasteiger partial charge in [-0.2, -0.15) is 0 Å². The molecular formula is C17H25ClN2O2. The number of carbonyl (C=O) groups is 2. The first-order valence-electron chi connectivity index (χ1n) is 7.81. The van der Waals surface area contributed by atoms with Gasteiger partial charge in [-0.3, -0.25) is 9.59 Å². The maximum absolute atomic E-state index is 12.0. The van der Waals surface area contributed by atoms with E-state index in [1.807, 2.05) is 24.3 Å². The largest absolute Gasteiger partial charge is 0.355 e. The maximum Gasteiger partial charge on any atom is 0.220 e. The highest BCUT2D eigenvalue weighted by atomic mass is 35.5. The van der Waals surface area contributed by atoms with Gasteiger partial charge in [0.25, 0.3) is 0 Å². The number of hydrogen-bond acceptors (Lipinski definition) is 3. The Morgan fingerprint density at radius 1 is 1.23 bits per heavy atom. The molecule has 5 heteroatoms. The second-order valence-electron chi connectivity index (χ2n) is 5.57. The van der Waals surface area contributed by atoms with Crippen molar-refractivity contribution in [3.05, 3.63) is 35.4 Å². The van der Waals surface area contributed by atoms with Crippen molar-refractivity contribution >= 4 is 24.1 Å². The Morgan fingerprint density at radius 3 is 2.55 bits per heavy atom. The minimum Gasteiger partial charge on any atom is -0.355 e. The fourth-order valence-corrected chi connectivity index (χ4v) is 2.55. The Hall–Kier alpha value is -1.39. The highest BCUT2D eigenvalue weighted by Gasteiger charge is 2.15. The van der Waals surface area contributed by atoms with Crippen LogP contribution in [0, 0.1) is 0 Å². The SMILES string of the molecule is CCc1ccc(C(=O)CCC(=O)NCC2CCCN2)cc1.Cl. The molecule has 0 aliphatic carbocycles. The van der Waals surface area contributed by atoms with E-state index in [0.29, 0.717) is 18.2 Å². The summed E-state index contributed by atoms with van der Waals surface area (Å²) in [5.41, 5.74) is 1.91. The summed E-state index contributed by atoms with van der Waals surface area (Å²) < 4.78 is 0. The van der Waals surface area contributed by atoms with Crippen LogP contribution in [0.15, 0.2) is 24.3 Å². The molecule has 1 aliphatic heterocycles. The van der Waals surface area contributed by atoms with Gasteiger partial charge in [-0.1, -0.05) is 31.2 Å². The van der Waals surface area contributed by atoms with Crippen molar-refractivity contribution in [2.24, 2.45) is 0 Å². The number of Topliss-reactive ketones (excluding diaryl/α,β-unsaturated/α-hetero) is 1. The second kappa shape index (κ2) is 9.59. The summed E-state index contributed by atoms with van der Waals surface area (Å²) in [6.07, 6.45) is 3.79. The minimum atomic E-state index is -0.0396. The third-order valence-electron chi connectivity index (χ3n) is 3.97. The fourth-order valence-electron chi connectivity index (χ4n) is 2.55. The van der Waals surface area contributed by atoms with Crippen LogP contribution in [0.25, 0.3) is 0 Å². The number of rotatable bonds is 7. The Kier molecular flexibility index (Phi) is 8.13. The molecule has 0 radical (unpaired) electrons. The lowest BCUT2D eigenvalue weighted by Gasteiger charge is -2.11. The molecular weight excluding hydrogens is 300 g/mol. The van der Waals surface area contributed by atoms with Gasteiger partial charge in [0.15, 0.2) is 5.78 Å². The van der Waals surface area contributed by atoms with Crippen molar-refractivity contribution < 1.29 is 9.59 Å². The predicted octanol–water partition coefficient (Wildman–Crippen LogP) is 2.50. The van der Waals surface area contributed by atoms with E-state index in [9.17, 15) is 9.59 Å². The third-order valence-corrected chi connectivity index (χ3v) is 3.97. The zero-order valence-electron chi connectivity index (χ0n) is 13.1. The Labute approximate surface area is 138 Å². The molecule has 4 nitrogen and oxygen atoms in total. The molecule has 0 bridgehead atoms. The zero-order valence-corrected chi connectivity index (χ0v) is 13.9. The molecule has 1 unspecified atom stereocenters. The van der Waals surface area contributed by atoms with Crippen LogP contribution in [0.4, 0.5) is 0 Å². The van der Waals surface area contributed by atoms with Gasteiger partial charge in [0.2, 0.25) is 5.91 Å². The molecule has 0 spiro atoms. The molecule has 1 aromatic rings. The number of ketones is 1. The quantitative estimate of drug-likeness (QED) is 0.758. The zero-order chi connectivity index (χ0) is 15.1. The van der Waals surface area contributed by atoms with Gasteiger partial charge in [0.05, 0.1) is 0 Å². The molecule has 1 aliphatic rings. The van der Waals surface area contributed by atoms with E-state index < -0.39 is 0 Å². The van der Waals surface area contributed by atoms with Crippen LogP contribution in [0.2, 0.25) is 0 Å². The molecule has 1 fully saturated rings. The number of hydrogen-bond donors (Lipinski definition) is 2. The van der Waals surface area contributed by atoms with Gasteiger partial charge in [0, 0.05) is 31.0 Å². The highest BCUT2D eigenvalue weighted by Crippen LogP contribution is 2.09. The maximum atomic E-state index is 12.0. The molecule has 122 valence electrons. The van der Waals surface area contributed by atoms with Crippen molar-refractivity contribution in [3.63, 3.8) is 0 Å². The second-order valence-corrected chi connectivity index (χ2v) is 5.57. The molecule has 1 saturated heterocycles. The van der Waals surface area contributed by atoms with Crippen molar-refractivity contribution in [1.82, 2.24) is 10.6 Å².